The van der Waals surface area contributed by atoms with Crippen LogP contribution in [0.25, 0.3) is 6.08 Å². The van der Waals surface area contributed by atoms with Gasteiger partial charge in [0, 0.05) is 42.0 Å². The van der Waals surface area contributed by atoms with E-state index in [-0.39, 0.29) is 5.91 Å². The average Bonchev–Trinajstić information content (AvgIpc) is 3.48. The van der Waals surface area contributed by atoms with Crippen LogP contribution >= 0.6 is 12.2 Å². The molecule has 1 aromatic carbocycles. The Morgan fingerprint density at radius 1 is 1.15 bits per heavy atom. The van der Waals surface area contributed by atoms with Crippen LogP contribution in [0.1, 0.15) is 56.1 Å². The Bertz CT molecular complexity index is 1230. The molecule has 0 N–H and O–H groups in total. The first-order valence-electron chi connectivity index (χ1n) is 11.9. The Labute approximate surface area is 200 Å². The fourth-order valence-electron chi connectivity index (χ4n) is 6.00. The molecule has 33 heavy (non-hydrogen) atoms. The lowest BCUT2D eigenvalue weighted by molar-refractivity contribution is -0.113. The van der Waals surface area contributed by atoms with Crippen LogP contribution in [0, 0.1) is 0 Å². The molecule has 3 atom stereocenters. The van der Waals surface area contributed by atoms with Crippen LogP contribution in [-0.2, 0) is 4.79 Å². The van der Waals surface area contributed by atoms with Gasteiger partial charge in [-0.2, -0.15) is 0 Å². The monoisotopic (exact) mass is 453 g/mol. The van der Waals surface area contributed by atoms with Crippen LogP contribution in [0.3, 0.4) is 0 Å². The third-order valence-electron chi connectivity index (χ3n) is 7.52. The van der Waals surface area contributed by atoms with E-state index in [9.17, 15) is 4.79 Å². The summed E-state index contributed by atoms with van der Waals surface area (Å²) in [6, 6.07) is 11.4. The second kappa shape index (κ2) is 8.07. The molecule has 1 aromatic heterocycles. The maximum absolute atomic E-state index is 13.2. The first-order chi connectivity index (χ1) is 16.1. The minimum atomic E-state index is -0.0263. The molecule has 2 fully saturated rings. The summed E-state index contributed by atoms with van der Waals surface area (Å²) in [5.74, 6) is 0.564. The van der Waals surface area contributed by atoms with Crippen LogP contribution in [0.2, 0.25) is 0 Å². The summed E-state index contributed by atoms with van der Waals surface area (Å²) in [6.07, 6.45) is 17.8. The predicted octanol–water partition coefficient (Wildman–Crippen LogP) is 5.96. The van der Waals surface area contributed by atoms with Gasteiger partial charge < -0.3 is 4.90 Å². The summed E-state index contributed by atoms with van der Waals surface area (Å²) in [5, 5.41) is 0. The highest BCUT2D eigenvalue weighted by Gasteiger charge is 2.43. The van der Waals surface area contributed by atoms with Crippen molar-refractivity contribution in [2.24, 2.45) is 0 Å². The summed E-state index contributed by atoms with van der Waals surface area (Å²) < 4.78 is 0. The number of hydrogen-bond donors (Lipinski definition) is 0. The molecule has 2 aliphatic carbocycles. The molecule has 0 radical (unpaired) electrons. The number of carbonyl (C=O) groups is 1. The van der Waals surface area contributed by atoms with Crippen molar-refractivity contribution in [1.29, 1.82) is 0 Å². The minimum absolute atomic E-state index is 0.0263. The van der Waals surface area contributed by atoms with E-state index in [1.165, 1.54) is 36.1 Å². The quantitative estimate of drug-likeness (QED) is 0.424. The normalized spacial score (nSPS) is 27.4. The lowest BCUT2D eigenvalue weighted by atomic mass is 9.95. The predicted molar refractivity (Wildman–Crippen MR) is 138 cm³/mol. The summed E-state index contributed by atoms with van der Waals surface area (Å²) in [7, 11) is 0. The summed E-state index contributed by atoms with van der Waals surface area (Å²) in [6.45, 7) is 2.18. The van der Waals surface area contributed by atoms with Gasteiger partial charge in [-0.05, 0) is 67.7 Å². The summed E-state index contributed by atoms with van der Waals surface area (Å²) in [4.78, 5) is 22.2. The van der Waals surface area contributed by atoms with Crippen molar-refractivity contribution in [2.75, 3.05) is 9.80 Å². The van der Waals surface area contributed by atoms with Crippen LogP contribution in [0.15, 0.2) is 72.1 Å². The van der Waals surface area contributed by atoms with Crippen molar-refractivity contribution in [1.82, 2.24) is 4.98 Å². The molecule has 6 rings (SSSR count). The van der Waals surface area contributed by atoms with Crippen molar-refractivity contribution in [3.05, 3.63) is 83.2 Å². The molecule has 1 saturated heterocycles. The zero-order chi connectivity index (χ0) is 22.5. The third kappa shape index (κ3) is 3.46. The van der Waals surface area contributed by atoms with Gasteiger partial charge in [-0.1, -0.05) is 48.5 Å². The Hall–Kier alpha value is -3.05. The van der Waals surface area contributed by atoms with Crippen molar-refractivity contribution in [3.8, 4) is 0 Å². The zero-order valence-corrected chi connectivity index (χ0v) is 19.6. The number of hydrogen-bond acceptors (Lipinski definition) is 4. The van der Waals surface area contributed by atoms with Crippen LogP contribution < -0.4 is 9.80 Å². The number of nitrogens with zero attached hydrogens (tertiary/aromatic N) is 3. The molecule has 2 aliphatic heterocycles. The van der Waals surface area contributed by atoms with Gasteiger partial charge >= 0.3 is 0 Å². The van der Waals surface area contributed by atoms with E-state index in [0.29, 0.717) is 29.4 Å². The number of carbonyl (C=O) groups excluding carboxylic acids is 1. The van der Waals surface area contributed by atoms with Crippen LogP contribution in [0.4, 0.5) is 11.4 Å². The van der Waals surface area contributed by atoms with E-state index in [2.05, 4.69) is 53.2 Å². The Morgan fingerprint density at radius 3 is 2.79 bits per heavy atom. The van der Waals surface area contributed by atoms with Crippen molar-refractivity contribution < 1.29 is 4.79 Å². The number of allylic oxidation sites excluding steroid dienone is 2. The molecule has 1 saturated carbocycles. The minimum Gasteiger partial charge on any atom is -0.361 e. The van der Waals surface area contributed by atoms with Gasteiger partial charge in [0.2, 0.25) is 0 Å². The van der Waals surface area contributed by atoms with E-state index in [0.717, 1.165) is 23.2 Å². The van der Waals surface area contributed by atoms with Gasteiger partial charge in [0.05, 0.1) is 16.7 Å². The summed E-state index contributed by atoms with van der Waals surface area (Å²) >= 11 is 5.56. The second-order valence-electron chi connectivity index (χ2n) is 9.53. The zero-order valence-electron chi connectivity index (χ0n) is 18.8. The number of thiocarbonyl (C=S) groups is 1. The largest absolute Gasteiger partial charge is 0.361 e. The standard InChI is InChI=1S/C28H27N3OS/c1-18-5-8-21(9-6-18)30-25-4-2-3-23(25)24-16-19(7-10-26(24)30)15-20-17-27(33)31(28(20)32)22-11-13-29-14-12-22/h5-8,10-16,21,23,25H,2-4,9,17H2,1H3. The molecule has 3 heterocycles. The van der Waals surface area contributed by atoms with Crippen molar-refractivity contribution >= 4 is 40.6 Å². The SMILES string of the molecule is CC1=CCC(N2c3ccc(C=C4CC(=S)N(c5ccncc5)C4=O)cc3C3CCCC32)C=C1. The molecule has 0 spiro atoms. The van der Waals surface area contributed by atoms with E-state index >= 15 is 0 Å². The van der Waals surface area contributed by atoms with Crippen LogP contribution in [0.5, 0.6) is 0 Å². The number of rotatable bonds is 3. The second-order valence-corrected chi connectivity index (χ2v) is 10.00. The molecule has 4 nitrogen and oxygen atoms in total. The smallest absolute Gasteiger partial charge is 0.259 e. The molecule has 4 aliphatic rings. The summed E-state index contributed by atoms with van der Waals surface area (Å²) in [5.41, 5.74) is 6.82. The van der Waals surface area contributed by atoms with E-state index in [4.69, 9.17) is 12.2 Å². The molecule has 3 unspecified atom stereocenters. The van der Waals surface area contributed by atoms with E-state index < -0.39 is 0 Å². The number of fused-ring (bicyclic) bond motifs is 3. The molecule has 1 amide bonds. The molecule has 166 valence electrons. The van der Waals surface area contributed by atoms with Gasteiger partial charge in [0.1, 0.15) is 0 Å². The van der Waals surface area contributed by atoms with Gasteiger partial charge in [-0.15, -0.1) is 0 Å². The Morgan fingerprint density at radius 2 is 2.00 bits per heavy atom. The Kier molecular flexibility index (Phi) is 5.02. The molecule has 0 bridgehead atoms. The van der Waals surface area contributed by atoms with E-state index in [1.54, 1.807) is 17.3 Å². The maximum Gasteiger partial charge on any atom is 0.259 e. The van der Waals surface area contributed by atoms with Gasteiger partial charge in [-0.3, -0.25) is 14.7 Å². The number of aromatic nitrogens is 1. The van der Waals surface area contributed by atoms with Gasteiger partial charge in [-0.25, -0.2) is 0 Å². The lowest BCUT2D eigenvalue weighted by Crippen LogP contribution is -2.40. The molecular formula is C28H27N3OS. The first-order valence-corrected chi connectivity index (χ1v) is 12.3. The van der Waals surface area contributed by atoms with Crippen molar-refractivity contribution in [3.63, 3.8) is 0 Å². The van der Waals surface area contributed by atoms with Gasteiger partial charge in [0.25, 0.3) is 5.91 Å². The van der Waals surface area contributed by atoms with E-state index in [1.807, 2.05) is 18.2 Å². The number of benzene rings is 1. The molecular weight excluding hydrogens is 426 g/mol. The molecule has 2 aromatic rings. The first kappa shape index (κ1) is 20.5. The topological polar surface area (TPSA) is 36.4 Å². The van der Waals surface area contributed by atoms with Gasteiger partial charge in [0.15, 0.2) is 0 Å². The highest BCUT2D eigenvalue weighted by molar-refractivity contribution is 7.80. The van der Waals surface area contributed by atoms with Crippen LogP contribution in [-0.4, -0.2) is 28.0 Å². The highest BCUT2D eigenvalue weighted by Crippen LogP contribution is 2.51. The third-order valence-corrected chi connectivity index (χ3v) is 7.84. The maximum atomic E-state index is 13.2. The number of amides is 1. The fourth-order valence-corrected chi connectivity index (χ4v) is 6.34. The Balaban J connectivity index is 1.32. The lowest BCUT2D eigenvalue weighted by Gasteiger charge is -2.34. The number of pyridine rings is 1. The number of anilines is 2. The molecule has 5 heteroatoms. The fraction of sp³-hybridized carbons (Fsp3) is 0.321. The van der Waals surface area contributed by atoms with Crippen molar-refractivity contribution in [2.45, 2.75) is 57.0 Å². The average molecular weight is 454 g/mol. The highest BCUT2D eigenvalue weighted by atomic mass is 32.1.